The summed E-state index contributed by atoms with van der Waals surface area (Å²) in [5, 5.41) is 14.0. The quantitative estimate of drug-likeness (QED) is 0.305. The zero-order chi connectivity index (χ0) is 36.8. The number of methoxy groups -OCH3 is 1. The second-order valence-electron chi connectivity index (χ2n) is 12.7. The Morgan fingerprint density at radius 1 is 1.10 bits per heavy atom. The average molecular weight is 737 g/mol. The van der Waals surface area contributed by atoms with Gasteiger partial charge in [0.25, 0.3) is 15.9 Å². The molecule has 1 aliphatic rings. The molecule has 0 bridgehead atoms. The molecule has 4 atom stereocenters. The van der Waals surface area contributed by atoms with Crippen LogP contribution in [-0.4, -0.2) is 101 Å². The zero-order valence-corrected chi connectivity index (χ0v) is 31.2. The van der Waals surface area contributed by atoms with Crippen molar-refractivity contribution in [2.24, 2.45) is 5.92 Å². The van der Waals surface area contributed by atoms with E-state index in [2.05, 4.69) is 9.88 Å². The van der Waals surface area contributed by atoms with Gasteiger partial charge in [-0.15, -0.1) is 0 Å². The van der Waals surface area contributed by atoms with Crippen LogP contribution in [0.1, 0.15) is 61.8 Å². The van der Waals surface area contributed by atoms with Crippen molar-refractivity contribution in [1.82, 2.24) is 14.4 Å². The van der Waals surface area contributed by atoms with Crippen molar-refractivity contribution < 1.29 is 45.5 Å². The molecule has 1 amide bonds. The predicted molar refractivity (Wildman–Crippen MR) is 186 cm³/mol. The first-order valence-corrected chi connectivity index (χ1v) is 19.4. The maximum absolute atomic E-state index is 14.4. The number of aryl methyl sites for hydroxylation is 2. The van der Waals surface area contributed by atoms with E-state index in [-0.39, 0.29) is 64.0 Å². The number of amides is 1. The summed E-state index contributed by atoms with van der Waals surface area (Å²) in [4.78, 5) is 15.9. The number of carbonyl (C=O) groups excluding carboxylic acids is 1. The van der Waals surface area contributed by atoms with Gasteiger partial charge in [0, 0.05) is 38.3 Å². The molecule has 16 heteroatoms. The average Bonchev–Trinajstić information content (AvgIpc) is 3.43. The van der Waals surface area contributed by atoms with E-state index in [0.29, 0.717) is 25.2 Å². The molecule has 2 aromatic carbocycles. The number of hydrogen-bond acceptors (Lipinski definition) is 11. The van der Waals surface area contributed by atoms with Crippen LogP contribution in [0, 0.1) is 19.8 Å². The summed E-state index contributed by atoms with van der Waals surface area (Å²) in [5.41, 5.74) is 0.403. The summed E-state index contributed by atoms with van der Waals surface area (Å²) in [6, 6.07) is 9.95. The molecule has 2 heterocycles. The van der Waals surface area contributed by atoms with Gasteiger partial charge in [-0.1, -0.05) is 12.1 Å². The number of rotatable bonds is 10. The largest absolute Gasteiger partial charge is 0.497 e. The molecule has 0 fully saturated rings. The molecule has 0 saturated heterocycles. The predicted octanol–water partition coefficient (Wildman–Crippen LogP) is 4.22. The van der Waals surface area contributed by atoms with Crippen molar-refractivity contribution in [3.8, 4) is 11.5 Å². The third kappa shape index (κ3) is 9.15. The summed E-state index contributed by atoms with van der Waals surface area (Å²) in [5.74, 6) is 0.0185. The molecule has 2 N–H and O–H groups in total. The molecule has 4 rings (SSSR count). The van der Waals surface area contributed by atoms with Gasteiger partial charge < -0.3 is 28.7 Å². The highest BCUT2D eigenvalue weighted by atomic mass is 32.2. The van der Waals surface area contributed by atoms with Crippen molar-refractivity contribution in [1.29, 1.82) is 0 Å². The Labute approximate surface area is 294 Å². The lowest BCUT2D eigenvalue weighted by molar-refractivity contribution is -0.00834. The van der Waals surface area contributed by atoms with E-state index < -0.39 is 44.0 Å². The van der Waals surface area contributed by atoms with Crippen molar-refractivity contribution in [2.75, 3.05) is 45.2 Å². The number of sulfonamides is 2. The second-order valence-corrected chi connectivity index (χ2v) is 16.4. The minimum Gasteiger partial charge on any atom is -0.497 e. The van der Waals surface area contributed by atoms with Gasteiger partial charge in [0.05, 0.1) is 42.4 Å². The lowest BCUT2D eigenvalue weighted by atomic mass is 10.0. The minimum atomic E-state index is -4.12. The Hall–Kier alpha value is -3.70. The summed E-state index contributed by atoms with van der Waals surface area (Å²) < 4.78 is 80.2. The van der Waals surface area contributed by atoms with Crippen LogP contribution in [0.3, 0.4) is 0 Å². The Kier molecular flexibility index (Phi) is 12.9. The van der Waals surface area contributed by atoms with Gasteiger partial charge in [-0.25, -0.2) is 16.8 Å². The molecule has 0 aliphatic carbocycles. The summed E-state index contributed by atoms with van der Waals surface area (Å²) >= 11 is 0. The third-order valence-corrected chi connectivity index (χ3v) is 12.2. The maximum atomic E-state index is 14.4. The van der Waals surface area contributed by atoms with Crippen LogP contribution in [0.2, 0.25) is 0 Å². The fourth-order valence-corrected chi connectivity index (χ4v) is 8.36. The fraction of sp³-hybridized carbons (Fsp3) is 0.529. The van der Waals surface area contributed by atoms with Gasteiger partial charge in [0.15, 0.2) is 10.7 Å². The molecule has 1 aliphatic heterocycles. The molecule has 0 spiro atoms. The first kappa shape index (κ1) is 39.1. The molecule has 50 heavy (non-hydrogen) atoms. The number of anilines is 1. The van der Waals surface area contributed by atoms with Gasteiger partial charge in [0.1, 0.15) is 17.2 Å². The molecule has 14 nitrogen and oxygen atoms in total. The Morgan fingerprint density at radius 2 is 1.80 bits per heavy atom. The number of nitrogens with zero attached hydrogens (tertiary/aromatic N) is 3. The van der Waals surface area contributed by atoms with Crippen LogP contribution < -0.4 is 14.2 Å². The molecule has 1 aromatic heterocycles. The number of benzene rings is 2. The highest BCUT2D eigenvalue weighted by Gasteiger charge is 2.33. The molecule has 0 saturated carbocycles. The van der Waals surface area contributed by atoms with E-state index >= 15 is 0 Å². The molecule has 276 valence electrons. The third-order valence-electron chi connectivity index (χ3n) is 8.75. The highest BCUT2D eigenvalue weighted by molar-refractivity contribution is 7.92. The summed E-state index contributed by atoms with van der Waals surface area (Å²) in [6.07, 6.45) is 1.16. The van der Waals surface area contributed by atoms with Crippen LogP contribution >= 0.6 is 0 Å². The van der Waals surface area contributed by atoms with E-state index in [1.807, 2.05) is 13.8 Å². The number of hydrogen-bond donors (Lipinski definition) is 2. The van der Waals surface area contributed by atoms with Gasteiger partial charge in [-0.05, 0) is 89.4 Å². The molecular weight excluding hydrogens is 689 g/mol. The first-order chi connectivity index (χ1) is 23.6. The topological polar surface area (TPSA) is 178 Å². The Morgan fingerprint density at radius 3 is 2.42 bits per heavy atom. The number of aliphatic hydroxyl groups excluding tert-OH is 1. The van der Waals surface area contributed by atoms with E-state index in [4.69, 9.17) is 18.7 Å². The van der Waals surface area contributed by atoms with Crippen LogP contribution in [-0.2, 0) is 24.8 Å². The van der Waals surface area contributed by atoms with Crippen LogP contribution in [0.15, 0.2) is 56.8 Å². The maximum Gasteiger partial charge on any atom is 0.267 e. The van der Waals surface area contributed by atoms with Gasteiger partial charge in [-0.2, -0.15) is 4.31 Å². The lowest BCUT2D eigenvalue weighted by Crippen LogP contribution is -2.48. The van der Waals surface area contributed by atoms with E-state index in [1.165, 1.54) is 61.5 Å². The monoisotopic (exact) mass is 736 g/mol. The van der Waals surface area contributed by atoms with Crippen molar-refractivity contribution in [2.45, 2.75) is 81.9 Å². The summed E-state index contributed by atoms with van der Waals surface area (Å²) in [6.45, 7) is 8.56. The van der Waals surface area contributed by atoms with E-state index in [0.717, 1.165) is 6.42 Å². The van der Waals surface area contributed by atoms with Gasteiger partial charge in [0.2, 0.25) is 10.0 Å². The Bertz CT molecular complexity index is 1810. The van der Waals surface area contributed by atoms with E-state index in [1.54, 1.807) is 25.1 Å². The number of ether oxygens (including phenoxy) is 3. The van der Waals surface area contributed by atoms with Gasteiger partial charge in [-0.3, -0.25) is 9.52 Å². The number of carbonyl (C=O) groups is 1. The number of fused-ring (bicyclic) bond motifs is 1. The first-order valence-electron chi connectivity index (χ1n) is 16.5. The second kappa shape index (κ2) is 16.5. The number of likely N-dealkylation sites (N-methyl/N-ethyl adjacent to an activating group) is 1. The number of nitrogens with one attached hydrogen (secondary N) is 1. The van der Waals surface area contributed by atoms with Crippen molar-refractivity contribution >= 4 is 31.6 Å². The molecule has 3 aromatic rings. The van der Waals surface area contributed by atoms with Crippen LogP contribution in [0.4, 0.5) is 5.69 Å². The van der Waals surface area contributed by atoms with E-state index in [9.17, 15) is 26.7 Å². The Balaban J connectivity index is 1.68. The number of aromatic nitrogens is 1. The van der Waals surface area contributed by atoms with Crippen molar-refractivity contribution in [3.05, 3.63) is 59.5 Å². The standard InChI is InChI=1S/C34H48N4O10S2/c1-22-19-38(23(2)21-39)34(40)30-18-27(36-49(41,42)33-25(4)35-48-26(33)5)11-16-31(30)47-24(3)10-8-9-17-46-32(22)20-37(6)50(43,44)29-14-12-28(45-7)13-15-29/h11-16,18,22-24,32,36,39H,8-10,17,19-21H2,1-7H3/t22-,23+,24+,32-/m1/s1. The lowest BCUT2D eigenvalue weighted by Gasteiger charge is -2.35. The molecule has 0 unspecified atom stereocenters. The molecular formula is C34H48N4O10S2. The normalized spacial score (nSPS) is 20.5. The highest BCUT2D eigenvalue weighted by Crippen LogP contribution is 2.31. The van der Waals surface area contributed by atoms with Crippen molar-refractivity contribution in [3.63, 3.8) is 0 Å². The zero-order valence-electron chi connectivity index (χ0n) is 29.6. The summed E-state index contributed by atoms with van der Waals surface area (Å²) in [7, 11) is -5.02. The SMILES string of the molecule is COc1ccc(S(=O)(=O)N(C)C[C@H]2OCCCC[C@H](C)Oc3ccc(NS(=O)(=O)c4c(C)noc4C)cc3C(=O)N([C@@H](C)CO)C[C@H]2C)cc1. The van der Waals surface area contributed by atoms with Crippen LogP contribution in [0.25, 0.3) is 0 Å². The van der Waals surface area contributed by atoms with Gasteiger partial charge >= 0.3 is 0 Å². The minimum absolute atomic E-state index is 0.00873. The smallest absolute Gasteiger partial charge is 0.267 e. The van der Waals surface area contributed by atoms with Crippen LogP contribution in [0.5, 0.6) is 11.5 Å². The molecule has 0 radical (unpaired) electrons. The fourth-order valence-electron chi connectivity index (χ4n) is 5.79. The number of aliphatic hydroxyl groups is 1.